The molecule has 0 aliphatic heterocycles. The molecule has 3 aromatic rings. The van der Waals surface area contributed by atoms with Crippen molar-refractivity contribution in [1.29, 1.82) is 0 Å². The van der Waals surface area contributed by atoms with E-state index < -0.39 is 11.5 Å². The Morgan fingerprint density at radius 3 is 2.07 bits per heavy atom. The summed E-state index contributed by atoms with van der Waals surface area (Å²) in [6.07, 6.45) is 1.38. The first kappa shape index (κ1) is 22.0. The van der Waals surface area contributed by atoms with Crippen LogP contribution in [-0.4, -0.2) is 29.4 Å². The lowest BCUT2D eigenvalue weighted by atomic mass is 9.85. The van der Waals surface area contributed by atoms with Gasteiger partial charge in [0, 0.05) is 10.0 Å². The van der Waals surface area contributed by atoms with Gasteiger partial charge in [0.25, 0.3) is 5.91 Å². The third kappa shape index (κ3) is 4.26. The Balaban J connectivity index is 1.92. The zero-order valence-corrected chi connectivity index (χ0v) is 19.0. The molecule has 154 valence electrons. The number of phenols is 1. The van der Waals surface area contributed by atoms with Gasteiger partial charge in [-0.05, 0) is 49.1 Å². The first-order valence-corrected chi connectivity index (χ1v) is 10.4. The minimum Gasteiger partial charge on any atom is -0.503 e. The molecule has 0 fully saturated rings. The predicted molar refractivity (Wildman–Crippen MR) is 122 cm³/mol. The lowest BCUT2D eigenvalue weighted by molar-refractivity contribution is -0.136. The Morgan fingerprint density at radius 1 is 1.03 bits per heavy atom. The average Bonchev–Trinajstić information content (AvgIpc) is 2.79. The molecular formula is C22H18Br2N2O4. The topological polar surface area (TPSA) is 91.2 Å². The Kier molecular flexibility index (Phi) is 6.91. The number of amides is 1. The molecule has 1 amide bonds. The van der Waals surface area contributed by atoms with Crippen LogP contribution in [-0.2, 0) is 10.4 Å². The molecule has 8 heteroatoms. The molecule has 0 spiro atoms. The number of hydrogen-bond acceptors (Lipinski definition) is 5. The minimum absolute atomic E-state index is 0.0620. The Bertz CT molecular complexity index is 1030. The summed E-state index contributed by atoms with van der Waals surface area (Å²) < 4.78 is 6.05. The molecule has 0 saturated heterocycles. The van der Waals surface area contributed by atoms with Gasteiger partial charge in [-0.15, -0.1) is 0 Å². The Hall–Kier alpha value is -2.68. The maximum atomic E-state index is 13.0. The van der Waals surface area contributed by atoms with E-state index in [0.29, 0.717) is 25.6 Å². The molecule has 0 bridgehead atoms. The SMILES string of the molecule is COc1cc(/C=N/NC(=O)C(O)(c2ccccc2)c2ccccc2)c(Br)c(Br)c1O. The van der Waals surface area contributed by atoms with Crippen molar-refractivity contribution >= 4 is 44.0 Å². The van der Waals surface area contributed by atoms with Gasteiger partial charge in [-0.25, -0.2) is 5.43 Å². The zero-order chi connectivity index (χ0) is 21.7. The van der Waals surface area contributed by atoms with Crippen LogP contribution in [0.25, 0.3) is 0 Å². The number of carbonyl (C=O) groups is 1. The van der Waals surface area contributed by atoms with Gasteiger partial charge in [0.05, 0.1) is 17.8 Å². The average molecular weight is 534 g/mol. The standard InChI is InChI=1S/C22H18Br2N2O4/c1-30-17-12-14(18(23)19(24)20(17)27)13-25-26-21(28)22(29,15-8-4-2-5-9-15)16-10-6-3-7-11-16/h2-13,27,29H,1H3,(H,26,28)/b25-13+. The van der Waals surface area contributed by atoms with Gasteiger partial charge < -0.3 is 14.9 Å². The second kappa shape index (κ2) is 9.42. The predicted octanol–water partition coefficient (Wildman–Crippen LogP) is 4.31. The van der Waals surface area contributed by atoms with Crippen molar-refractivity contribution in [3.05, 3.63) is 92.4 Å². The number of halogens is 2. The maximum absolute atomic E-state index is 13.0. The highest BCUT2D eigenvalue weighted by Crippen LogP contribution is 2.41. The van der Waals surface area contributed by atoms with E-state index in [4.69, 9.17) is 4.74 Å². The number of hydrazone groups is 1. The van der Waals surface area contributed by atoms with Crippen LogP contribution in [0.2, 0.25) is 0 Å². The van der Waals surface area contributed by atoms with E-state index in [0.717, 1.165) is 0 Å². The monoisotopic (exact) mass is 532 g/mol. The molecule has 0 saturated carbocycles. The first-order chi connectivity index (χ1) is 14.4. The molecule has 3 N–H and O–H groups in total. The lowest BCUT2D eigenvalue weighted by Crippen LogP contribution is -2.43. The summed E-state index contributed by atoms with van der Waals surface area (Å²) in [5.41, 5.74) is 1.86. The molecule has 0 heterocycles. The molecule has 3 rings (SSSR count). The van der Waals surface area contributed by atoms with Crippen molar-refractivity contribution in [3.8, 4) is 11.5 Å². The number of nitrogens with zero attached hydrogens (tertiary/aromatic N) is 1. The van der Waals surface area contributed by atoms with E-state index in [9.17, 15) is 15.0 Å². The molecule has 6 nitrogen and oxygen atoms in total. The van der Waals surface area contributed by atoms with Crippen LogP contribution in [0.15, 0.2) is 80.8 Å². The number of aromatic hydroxyl groups is 1. The molecule has 0 atom stereocenters. The molecule has 0 radical (unpaired) electrons. The van der Waals surface area contributed by atoms with E-state index >= 15 is 0 Å². The number of ether oxygens (including phenoxy) is 1. The highest BCUT2D eigenvalue weighted by atomic mass is 79.9. The molecule has 30 heavy (non-hydrogen) atoms. The fraction of sp³-hybridized carbons (Fsp3) is 0.0909. The number of phenolic OH excluding ortho intramolecular Hbond substituents is 1. The fourth-order valence-corrected chi connectivity index (χ4v) is 3.72. The van der Waals surface area contributed by atoms with Crippen molar-refractivity contribution in [2.45, 2.75) is 5.60 Å². The van der Waals surface area contributed by atoms with Crippen molar-refractivity contribution in [2.75, 3.05) is 7.11 Å². The van der Waals surface area contributed by atoms with Gasteiger partial charge in [-0.3, -0.25) is 4.79 Å². The largest absolute Gasteiger partial charge is 0.503 e. The third-order valence-corrected chi connectivity index (χ3v) is 6.63. The molecule has 0 unspecified atom stereocenters. The van der Waals surface area contributed by atoms with Crippen molar-refractivity contribution in [3.63, 3.8) is 0 Å². The van der Waals surface area contributed by atoms with Gasteiger partial charge in [0.2, 0.25) is 0 Å². The number of carbonyl (C=O) groups excluding carboxylic acids is 1. The summed E-state index contributed by atoms with van der Waals surface area (Å²) in [7, 11) is 1.43. The smallest absolute Gasteiger partial charge is 0.281 e. The summed E-state index contributed by atoms with van der Waals surface area (Å²) in [6.45, 7) is 0. The first-order valence-electron chi connectivity index (χ1n) is 8.81. The third-order valence-electron chi connectivity index (χ3n) is 4.48. The van der Waals surface area contributed by atoms with Crippen molar-refractivity contribution in [2.24, 2.45) is 5.10 Å². The second-order valence-electron chi connectivity index (χ2n) is 6.29. The zero-order valence-electron chi connectivity index (χ0n) is 15.8. The fourth-order valence-electron chi connectivity index (χ4n) is 2.89. The van der Waals surface area contributed by atoms with Gasteiger partial charge in [-0.2, -0.15) is 5.10 Å². The summed E-state index contributed by atoms with van der Waals surface area (Å²) in [4.78, 5) is 13.0. The molecule has 3 aromatic carbocycles. The highest BCUT2D eigenvalue weighted by molar-refractivity contribution is 9.13. The van der Waals surface area contributed by atoms with Crippen LogP contribution < -0.4 is 10.2 Å². The Morgan fingerprint density at radius 2 is 1.57 bits per heavy atom. The van der Waals surface area contributed by atoms with Crippen LogP contribution >= 0.6 is 31.9 Å². The van der Waals surface area contributed by atoms with Crippen LogP contribution in [0.3, 0.4) is 0 Å². The molecular weight excluding hydrogens is 516 g/mol. The van der Waals surface area contributed by atoms with Gasteiger partial charge >= 0.3 is 0 Å². The van der Waals surface area contributed by atoms with Crippen LogP contribution in [0, 0.1) is 0 Å². The van der Waals surface area contributed by atoms with Crippen LogP contribution in [0.4, 0.5) is 0 Å². The number of aliphatic hydroxyl groups is 1. The lowest BCUT2D eigenvalue weighted by Gasteiger charge is -2.27. The van der Waals surface area contributed by atoms with E-state index in [1.54, 1.807) is 66.7 Å². The van der Waals surface area contributed by atoms with Crippen LogP contribution in [0.5, 0.6) is 11.5 Å². The van der Waals surface area contributed by atoms with E-state index in [1.165, 1.54) is 13.3 Å². The van der Waals surface area contributed by atoms with Gasteiger partial charge in [-0.1, -0.05) is 60.7 Å². The number of rotatable bonds is 6. The van der Waals surface area contributed by atoms with Gasteiger partial charge in [0.1, 0.15) is 0 Å². The van der Waals surface area contributed by atoms with Gasteiger partial charge in [0.15, 0.2) is 17.1 Å². The highest BCUT2D eigenvalue weighted by Gasteiger charge is 2.39. The Labute approximate surface area is 190 Å². The second-order valence-corrected chi connectivity index (χ2v) is 7.87. The number of methoxy groups -OCH3 is 1. The summed E-state index contributed by atoms with van der Waals surface area (Å²) >= 11 is 6.63. The summed E-state index contributed by atoms with van der Waals surface area (Å²) in [5.74, 6) is -0.534. The number of benzene rings is 3. The number of hydrogen-bond donors (Lipinski definition) is 3. The quantitative estimate of drug-likeness (QED) is 0.325. The van der Waals surface area contributed by atoms with Crippen molar-refractivity contribution < 1.29 is 19.7 Å². The summed E-state index contributed by atoms with van der Waals surface area (Å²) in [5, 5.41) is 25.4. The normalized spacial score (nSPS) is 11.5. The molecule has 0 aliphatic carbocycles. The van der Waals surface area contributed by atoms with Crippen molar-refractivity contribution in [1.82, 2.24) is 5.43 Å². The van der Waals surface area contributed by atoms with E-state index in [1.807, 2.05) is 0 Å². The molecule has 0 aliphatic rings. The minimum atomic E-state index is -1.93. The van der Waals surface area contributed by atoms with E-state index in [2.05, 4.69) is 42.4 Å². The molecule has 0 aromatic heterocycles. The maximum Gasteiger partial charge on any atom is 0.281 e. The van der Waals surface area contributed by atoms with E-state index in [-0.39, 0.29) is 11.5 Å². The summed E-state index contributed by atoms with van der Waals surface area (Å²) in [6, 6.07) is 18.9. The number of nitrogens with one attached hydrogen (secondary N) is 1. The van der Waals surface area contributed by atoms with Crippen LogP contribution in [0.1, 0.15) is 16.7 Å².